The van der Waals surface area contributed by atoms with Crippen LogP contribution in [0.25, 0.3) is 0 Å². The Morgan fingerprint density at radius 2 is 1.89 bits per heavy atom. The zero-order chi connectivity index (χ0) is 13.8. The molecule has 1 saturated carbocycles. The van der Waals surface area contributed by atoms with Gasteiger partial charge in [0.25, 0.3) is 5.91 Å². The molecule has 0 aromatic heterocycles. The molecule has 2 N–H and O–H groups in total. The summed E-state index contributed by atoms with van der Waals surface area (Å²) in [6.45, 7) is 3.82. The molecule has 0 unspecified atom stereocenters. The lowest BCUT2D eigenvalue weighted by atomic mass is 10.1. The Kier molecular flexibility index (Phi) is 4.53. The van der Waals surface area contributed by atoms with Crippen molar-refractivity contribution < 1.29 is 4.79 Å². The average molecular weight is 276 g/mol. The maximum absolute atomic E-state index is 12.4. The fourth-order valence-corrected chi connectivity index (χ4v) is 2.25. The fourth-order valence-electron chi connectivity index (χ4n) is 2.12. The van der Waals surface area contributed by atoms with Gasteiger partial charge in [-0.15, -0.1) is 0 Å². The van der Waals surface area contributed by atoms with Crippen LogP contribution < -0.4 is 5.73 Å². The van der Waals surface area contributed by atoms with Gasteiger partial charge in [0, 0.05) is 24.2 Å². The molecule has 0 spiro atoms. The van der Waals surface area contributed by atoms with Crippen LogP contribution in [0, 0.1) is 5.92 Å². The van der Waals surface area contributed by atoms with Crippen molar-refractivity contribution in [2.24, 2.45) is 11.7 Å². The van der Waals surface area contributed by atoms with Crippen LogP contribution >= 0.6 is 12.2 Å². The monoisotopic (exact) mass is 276 g/mol. The van der Waals surface area contributed by atoms with Crippen LogP contribution in [0.15, 0.2) is 24.3 Å². The minimum Gasteiger partial charge on any atom is -0.389 e. The van der Waals surface area contributed by atoms with Crippen LogP contribution in [0.5, 0.6) is 0 Å². The van der Waals surface area contributed by atoms with Crippen LogP contribution in [0.3, 0.4) is 0 Å². The summed E-state index contributed by atoms with van der Waals surface area (Å²) in [5.74, 6) is 0.828. The Bertz CT molecular complexity index is 466. The van der Waals surface area contributed by atoms with Gasteiger partial charge >= 0.3 is 0 Å². The van der Waals surface area contributed by atoms with E-state index in [0.29, 0.717) is 16.5 Å². The summed E-state index contributed by atoms with van der Waals surface area (Å²) in [7, 11) is 0. The fraction of sp³-hybridized carbons (Fsp3) is 0.467. The van der Waals surface area contributed by atoms with Gasteiger partial charge in [-0.1, -0.05) is 31.3 Å². The second-order valence-electron chi connectivity index (χ2n) is 5.14. The molecular weight excluding hydrogens is 256 g/mol. The topological polar surface area (TPSA) is 46.3 Å². The van der Waals surface area contributed by atoms with Crippen molar-refractivity contribution in [2.75, 3.05) is 13.1 Å². The van der Waals surface area contributed by atoms with E-state index in [1.807, 2.05) is 29.2 Å². The van der Waals surface area contributed by atoms with Gasteiger partial charge in [0.1, 0.15) is 4.99 Å². The van der Waals surface area contributed by atoms with Crippen LogP contribution in [0.2, 0.25) is 0 Å². The number of benzene rings is 1. The van der Waals surface area contributed by atoms with Crippen molar-refractivity contribution in [3.8, 4) is 0 Å². The summed E-state index contributed by atoms with van der Waals surface area (Å²) in [6.07, 6.45) is 3.51. The van der Waals surface area contributed by atoms with E-state index in [2.05, 4.69) is 6.92 Å². The highest BCUT2D eigenvalue weighted by Gasteiger charge is 2.26. The van der Waals surface area contributed by atoms with E-state index < -0.39 is 0 Å². The second-order valence-corrected chi connectivity index (χ2v) is 5.58. The van der Waals surface area contributed by atoms with Gasteiger partial charge in [0.05, 0.1) is 0 Å². The van der Waals surface area contributed by atoms with E-state index in [0.717, 1.165) is 25.1 Å². The Balaban J connectivity index is 2.08. The maximum atomic E-state index is 12.4. The molecule has 3 nitrogen and oxygen atoms in total. The molecule has 0 radical (unpaired) electrons. The Labute approximate surface area is 119 Å². The Morgan fingerprint density at radius 1 is 1.32 bits per heavy atom. The minimum absolute atomic E-state index is 0.114. The number of nitrogens with zero attached hydrogens (tertiary/aromatic N) is 1. The predicted molar refractivity (Wildman–Crippen MR) is 81.2 cm³/mol. The number of carbonyl (C=O) groups excluding carboxylic acids is 1. The highest BCUT2D eigenvalue weighted by atomic mass is 32.1. The maximum Gasteiger partial charge on any atom is 0.253 e. The van der Waals surface area contributed by atoms with Crippen molar-refractivity contribution in [1.82, 2.24) is 4.90 Å². The molecule has 102 valence electrons. The summed E-state index contributed by atoms with van der Waals surface area (Å²) >= 11 is 4.91. The molecule has 1 aliphatic rings. The molecule has 1 fully saturated rings. The molecule has 0 bridgehead atoms. The molecule has 2 rings (SSSR count). The standard InChI is InChI=1S/C15H20N2OS/c1-2-9-17(10-11-3-4-11)15(18)13-7-5-12(6-8-13)14(16)19/h5-8,11H,2-4,9-10H2,1H3,(H2,16,19). The highest BCUT2D eigenvalue weighted by Crippen LogP contribution is 2.30. The Hall–Kier alpha value is -1.42. The molecule has 0 heterocycles. The average Bonchev–Trinajstić information content (AvgIpc) is 3.21. The van der Waals surface area contributed by atoms with Crippen LogP contribution in [0.1, 0.15) is 42.1 Å². The SMILES string of the molecule is CCCN(CC1CC1)C(=O)c1ccc(C(N)=S)cc1. The zero-order valence-corrected chi connectivity index (χ0v) is 12.1. The predicted octanol–water partition coefficient (Wildman–Crippen LogP) is 2.58. The first-order valence-electron chi connectivity index (χ1n) is 6.81. The lowest BCUT2D eigenvalue weighted by molar-refractivity contribution is 0.0747. The van der Waals surface area contributed by atoms with Gasteiger partial charge in [-0.25, -0.2) is 0 Å². The van der Waals surface area contributed by atoms with Crippen molar-refractivity contribution in [1.29, 1.82) is 0 Å². The van der Waals surface area contributed by atoms with E-state index in [1.54, 1.807) is 0 Å². The van der Waals surface area contributed by atoms with Gasteiger partial charge < -0.3 is 10.6 Å². The number of nitrogens with two attached hydrogens (primary N) is 1. The number of carbonyl (C=O) groups is 1. The van der Waals surface area contributed by atoms with Gasteiger partial charge in [0.2, 0.25) is 0 Å². The van der Waals surface area contributed by atoms with Gasteiger partial charge in [-0.05, 0) is 37.3 Å². The van der Waals surface area contributed by atoms with Crippen molar-refractivity contribution in [2.45, 2.75) is 26.2 Å². The summed E-state index contributed by atoms with van der Waals surface area (Å²) in [4.78, 5) is 14.8. The number of amides is 1. The van der Waals surface area contributed by atoms with Gasteiger partial charge in [-0.3, -0.25) is 4.79 Å². The van der Waals surface area contributed by atoms with Crippen molar-refractivity contribution >= 4 is 23.1 Å². The zero-order valence-electron chi connectivity index (χ0n) is 11.3. The van der Waals surface area contributed by atoms with Crippen LogP contribution in [-0.2, 0) is 0 Å². The third kappa shape index (κ3) is 3.77. The molecule has 1 amide bonds. The molecule has 4 heteroatoms. The molecule has 1 aromatic carbocycles. The summed E-state index contributed by atoms with van der Waals surface area (Å²) in [5.41, 5.74) is 7.08. The second kappa shape index (κ2) is 6.15. The summed E-state index contributed by atoms with van der Waals surface area (Å²) in [5, 5.41) is 0. The first-order valence-corrected chi connectivity index (χ1v) is 7.21. The molecule has 0 atom stereocenters. The lowest BCUT2D eigenvalue weighted by Gasteiger charge is -2.22. The third-order valence-corrected chi connectivity index (χ3v) is 3.61. The first kappa shape index (κ1) is 14.0. The molecule has 1 aliphatic carbocycles. The summed E-state index contributed by atoms with van der Waals surface area (Å²) in [6, 6.07) is 7.26. The molecule has 1 aromatic rings. The summed E-state index contributed by atoms with van der Waals surface area (Å²) < 4.78 is 0. The minimum atomic E-state index is 0.114. The van der Waals surface area contributed by atoms with Gasteiger partial charge in [-0.2, -0.15) is 0 Å². The van der Waals surface area contributed by atoms with E-state index in [-0.39, 0.29) is 5.91 Å². The van der Waals surface area contributed by atoms with Crippen molar-refractivity contribution in [3.05, 3.63) is 35.4 Å². The quantitative estimate of drug-likeness (QED) is 0.812. The van der Waals surface area contributed by atoms with E-state index >= 15 is 0 Å². The third-order valence-electron chi connectivity index (χ3n) is 3.37. The normalized spacial score (nSPS) is 14.2. The first-order chi connectivity index (χ1) is 9.11. The van der Waals surface area contributed by atoms with Crippen LogP contribution in [-0.4, -0.2) is 28.9 Å². The molecule has 0 saturated heterocycles. The number of rotatable bonds is 6. The largest absolute Gasteiger partial charge is 0.389 e. The highest BCUT2D eigenvalue weighted by molar-refractivity contribution is 7.80. The number of thiocarbonyl (C=S) groups is 1. The molecular formula is C15H20N2OS. The van der Waals surface area contributed by atoms with Crippen LogP contribution in [0.4, 0.5) is 0 Å². The molecule has 0 aliphatic heterocycles. The lowest BCUT2D eigenvalue weighted by Crippen LogP contribution is -2.33. The number of hydrogen-bond acceptors (Lipinski definition) is 2. The van der Waals surface area contributed by atoms with E-state index in [1.165, 1.54) is 12.8 Å². The van der Waals surface area contributed by atoms with Crippen molar-refractivity contribution in [3.63, 3.8) is 0 Å². The Morgan fingerprint density at radius 3 is 2.37 bits per heavy atom. The van der Waals surface area contributed by atoms with E-state index in [4.69, 9.17) is 18.0 Å². The number of hydrogen-bond donors (Lipinski definition) is 1. The van der Waals surface area contributed by atoms with Gasteiger partial charge in [0.15, 0.2) is 0 Å². The van der Waals surface area contributed by atoms with E-state index in [9.17, 15) is 4.79 Å². The smallest absolute Gasteiger partial charge is 0.253 e. The molecule has 19 heavy (non-hydrogen) atoms.